The van der Waals surface area contributed by atoms with Crippen molar-refractivity contribution in [2.45, 2.75) is 12.8 Å². The second kappa shape index (κ2) is 29.8. The molecule has 2 amide bonds. The first-order valence-corrected chi connectivity index (χ1v) is 12.4. The molecule has 13 nitrogen and oxygen atoms in total. The van der Waals surface area contributed by atoms with Gasteiger partial charge in [-0.15, -0.1) is 0 Å². The average molecular weight is 527 g/mol. The van der Waals surface area contributed by atoms with Crippen LogP contribution in [0.5, 0.6) is 0 Å². The molecule has 0 aliphatic rings. The van der Waals surface area contributed by atoms with Crippen molar-refractivity contribution in [3.63, 3.8) is 0 Å². The zero-order chi connectivity index (χ0) is 26.4. The van der Waals surface area contributed by atoms with Gasteiger partial charge in [-0.3, -0.25) is 9.59 Å². The normalized spacial score (nSPS) is 11.1. The Bertz CT molecular complexity index is 487. The molecular formula is C23H46N2O11. The van der Waals surface area contributed by atoms with Gasteiger partial charge in [-0.2, -0.15) is 0 Å². The zero-order valence-electron chi connectivity index (χ0n) is 21.7. The van der Waals surface area contributed by atoms with E-state index in [0.29, 0.717) is 125 Å². The van der Waals surface area contributed by atoms with Gasteiger partial charge in [0.1, 0.15) is 0 Å². The molecule has 0 heterocycles. The lowest BCUT2D eigenvalue weighted by atomic mass is 10.4. The van der Waals surface area contributed by atoms with Gasteiger partial charge in [-0.1, -0.05) is 0 Å². The van der Waals surface area contributed by atoms with Crippen LogP contribution < -0.4 is 11.1 Å². The van der Waals surface area contributed by atoms with Crippen LogP contribution in [0.4, 0.5) is 0 Å². The molecule has 0 aliphatic heterocycles. The fraction of sp³-hybridized carbons (Fsp3) is 0.913. The quantitative estimate of drug-likeness (QED) is 0.112. The Hall–Kier alpha value is -1.42. The Morgan fingerprint density at radius 1 is 0.444 bits per heavy atom. The van der Waals surface area contributed by atoms with Crippen LogP contribution in [0.2, 0.25) is 0 Å². The molecule has 0 saturated heterocycles. The highest BCUT2D eigenvalue weighted by atomic mass is 16.6. The number of carbonyl (C=O) groups is 2. The van der Waals surface area contributed by atoms with Crippen molar-refractivity contribution in [3.05, 3.63) is 0 Å². The molecule has 0 saturated carbocycles. The molecule has 13 heteroatoms. The molecular weight excluding hydrogens is 480 g/mol. The molecule has 0 unspecified atom stereocenters. The van der Waals surface area contributed by atoms with Crippen LogP contribution in [-0.4, -0.2) is 138 Å². The molecule has 0 aromatic heterocycles. The fourth-order valence-corrected chi connectivity index (χ4v) is 2.32. The van der Waals surface area contributed by atoms with Gasteiger partial charge < -0.3 is 53.7 Å². The molecule has 214 valence electrons. The van der Waals surface area contributed by atoms with Crippen molar-refractivity contribution >= 4 is 11.8 Å². The van der Waals surface area contributed by atoms with Gasteiger partial charge in [0.2, 0.25) is 11.8 Å². The minimum absolute atomic E-state index is 0.0384. The molecule has 3 N–H and O–H groups in total. The number of ether oxygens (including phenoxy) is 9. The van der Waals surface area contributed by atoms with Crippen LogP contribution >= 0.6 is 0 Å². The molecule has 0 radical (unpaired) electrons. The molecule has 0 atom stereocenters. The van der Waals surface area contributed by atoms with Crippen molar-refractivity contribution in [2.24, 2.45) is 5.73 Å². The van der Waals surface area contributed by atoms with Crippen LogP contribution in [0.25, 0.3) is 0 Å². The summed E-state index contributed by atoms with van der Waals surface area (Å²) < 4.78 is 48.2. The monoisotopic (exact) mass is 526 g/mol. The van der Waals surface area contributed by atoms with Gasteiger partial charge in [0.25, 0.3) is 0 Å². The molecule has 0 rings (SSSR count). The summed E-state index contributed by atoms with van der Waals surface area (Å²) in [6.45, 7) is 8.34. The smallest absolute Gasteiger partial charge is 0.222 e. The third-order valence-corrected chi connectivity index (χ3v) is 4.22. The number of carbonyl (C=O) groups excluding carboxylic acids is 2. The maximum absolute atomic E-state index is 11.0. The number of amides is 2. The summed E-state index contributed by atoms with van der Waals surface area (Å²) >= 11 is 0. The van der Waals surface area contributed by atoms with E-state index in [9.17, 15) is 9.59 Å². The summed E-state index contributed by atoms with van der Waals surface area (Å²) in [6, 6.07) is 0. The summed E-state index contributed by atoms with van der Waals surface area (Å²) in [5.41, 5.74) is 5.00. The summed E-state index contributed by atoms with van der Waals surface area (Å²) in [4.78, 5) is 21.5. The van der Waals surface area contributed by atoms with E-state index in [1.807, 2.05) is 0 Å². The van der Waals surface area contributed by atoms with E-state index in [1.54, 1.807) is 7.05 Å². The SMILES string of the molecule is CNC(=O)CCOCCOCCOCCOCCOCCOCCOCCOCCOCCC(N)=O. The van der Waals surface area contributed by atoms with Crippen molar-refractivity contribution < 1.29 is 52.2 Å². The summed E-state index contributed by atoms with van der Waals surface area (Å²) in [6.07, 6.45) is 0.574. The lowest BCUT2D eigenvalue weighted by molar-refractivity contribution is -0.122. The van der Waals surface area contributed by atoms with Gasteiger partial charge in [0.15, 0.2) is 0 Å². The van der Waals surface area contributed by atoms with Crippen molar-refractivity contribution in [3.8, 4) is 0 Å². The number of rotatable bonds is 30. The average Bonchev–Trinajstić information content (AvgIpc) is 2.87. The summed E-state index contributed by atoms with van der Waals surface area (Å²) in [5.74, 6) is -0.414. The van der Waals surface area contributed by atoms with Crippen LogP contribution in [0.1, 0.15) is 12.8 Å². The van der Waals surface area contributed by atoms with Crippen molar-refractivity contribution in [1.82, 2.24) is 5.32 Å². The molecule has 0 aliphatic carbocycles. The first kappa shape index (κ1) is 34.6. The number of nitrogens with one attached hydrogen (secondary N) is 1. The number of hydrogen-bond acceptors (Lipinski definition) is 11. The highest BCUT2D eigenvalue weighted by Crippen LogP contribution is 1.87. The maximum atomic E-state index is 11.0. The molecule has 0 spiro atoms. The van der Waals surface area contributed by atoms with Crippen molar-refractivity contribution in [1.29, 1.82) is 0 Å². The highest BCUT2D eigenvalue weighted by Gasteiger charge is 1.98. The topological polar surface area (TPSA) is 155 Å². The number of nitrogens with two attached hydrogens (primary N) is 1. The number of hydrogen-bond donors (Lipinski definition) is 2. The third kappa shape index (κ3) is 30.6. The van der Waals surface area contributed by atoms with Gasteiger partial charge >= 0.3 is 0 Å². The van der Waals surface area contributed by atoms with Crippen LogP contribution in [0, 0.1) is 0 Å². The molecule has 0 bridgehead atoms. The lowest BCUT2D eigenvalue weighted by Crippen LogP contribution is -2.20. The second-order valence-corrected chi connectivity index (χ2v) is 7.15. The van der Waals surface area contributed by atoms with Gasteiger partial charge in [0, 0.05) is 19.9 Å². The fourth-order valence-electron chi connectivity index (χ4n) is 2.32. The van der Waals surface area contributed by atoms with E-state index in [-0.39, 0.29) is 18.2 Å². The van der Waals surface area contributed by atoms with E-state index < -0.39 is 0 Å². The first-order valence-electron chi connectivity index (χ1n) is 12.4. The largest absolute Gasteiger partial charge is 0.379 e. The third-order valence-electron chi connectivity index (χ3n) is 4.22. The Kier molecular flexibility index (Phi) is 28.6. The zero-order valence-corrected chi connectivity index (χ0v) is 21.7. The molecule has 0 fully saturated rings. The first-order chi connectivity index (χ1) is 17.7. The van der Waals surface area contributed by atoms with E-state index in [2.05, 4.69) is 5.32 Å². The number of primary amides is 1. The predicted molar refractivity (Wildman–Crippen MR) is 130 cm³/mol. The highest BCUT2D eigenvalue weighted by molar-refractivity contribution is 5.75. The molecule has 0 aromatic rings. The second-order valence-electron chi connectivity index (χ2n) is 7.15. The van der Waals surface area contributed by atoms with Crippen LogP contribution in [0.15, 0.2) is 0 Å². The van der Waals surface area contributed by atoms with Crippen LogP contribution in [0.3, 0.4) is 0 Å². The van der Waals surface area contributed by atoms with Crippen LogP contribution in [-0.2, 0) is 52.2 Å². The van der Waals surface area contributed by atoms with E-state index in [4.69, 9.17) is 48.4 Å². The maximum Gasteiger partial charge on any atom is 0.222 e. The lowest BCUT2D eigenvalue weighted by Gasteiger charge is -2.09. The minimum atomic E-state index is -0.375. The minimum Gasteiger partial charge on any atom is -0.379 e. The Morgan fingerprint density at radius 2 is 0.667 bits per heavy atom. The van der Waals surface area contributed by atoms with Gasteiger partial charge in [-0.25, -0.2) is 0 Å². The Labute approximate surface area is 214 Å². The summed E-state index contributed by atoms with van der Waals surface area (Å²) in [5, 5.41) is 2.53. The van der Waals surface area contributed by atoms with Gasteiger partial charge in [0.05, 0.1) is 119 Å². The van der Waals surface area contributed by atoms with E-state index >= 15 is 0 Å². The summed E-state index contributed by atoms with van der Waals surface area (Å²) in [7, 11) is 1.60. The Balaban J connectivity index is 3.04. The van der Waals surface area contributed by atoms with Gasteiger partial charge in [-0.05, 0) is 0 Å². The molecule has 0 aromatic carbocycles. The Morgan fingerprint density at radius 3 is 0.889 bits per heavy atom. The standard InChI is InChI=1S/C23H46N2O11/c1-25-23(27)3-5-29-7-9-31-11-13-33-15-17-35-19-21-36-20-18-34-16-14-32-12-10-30-8-6-28-4-2-22(24)26/h2-21H2,1H3,(H2,24,26)(H,25,27). The van der Waals surface area contributed by atoms with Crippen molar-refractivity contribution in [2.75, 3.05) is 126 Å². The molecule has 36 heavy (non-hydrogen) atoms. The van der Waals surface area contributed by atoms with E-state index in [1.165, 1.54) is 0 Å². The van der Waals surface area contributed by atoms with E-state index in [0.717, 1.165) is 0 Å². The predicted octanol–water partition coefficient (Wildman–Crippen LogP) is -0.853.